The molecule has 4 atom stereocenters. The third kappa shape index (κ3) is 7.58. The fraction of sp³-hybridized carbons (Fsp3) is 0.793. The van der Waals surface area contributed by atoms with Crippen molar-refractivity contribution in [1.29, 1.82) is 0 Å². The molecule has 0 aromatic rings. The molecule has 2 rings (SSSR count). The average molecular weight is 555 g/mol. The predicted octanol–water partition coefficient (Wildman–Crippen LogP) is 7.65. The van der Waals surface area contributed by atoms with Crippen molar-refractivity contribution in [2.45, 2.75) is 149 Å². The van der Waals surface area contributed by atoms with Gasteiger partial charge in [-0.05, 0) is 68.2 Å². The molecule has 0 N–H and O–H groups in total. The molecule has 0 amide bonds. The van der Waals surface area contributed by atoms with E-state index in [1.165, 1.54) is 0 Å². The molecule has 0 bridgehead atoms. The van der Waals surface area contributed by atoms with Gasteiger partial charge in [-0.3, -0.25) is 0 Å². The van der Waals surface area contributed by atoms with Gasteiger partial charge in [-0.15, -0.1) is 0 Å². The van der Waals surface area contributed by atoms with Crippen molar-refractivity contribution in [1.82, 2.24) is 8.61 Å². The van der Waals surface area contributed by atoms with Gasteiger partial charge in [0.2, 0.25) is 0 Å². The highest BCUT2D eigenvalue weighted by atomic mass is 33.1. The molecule has 0 aromatic carbocycles. The van der Waals surface area contributed by atoms with Crippen LogP contribution in [0.2, 0.25) is 0 Å². The fourth-order valence-corrected chi connectivity index (χ4v) is 10.3. The summed E-state index contributed by atoms with van der Waals surface area (Å²) in [5.74, 6) is -0.604. The third-order valence-electron chi connectivity index (χ3n) is 7.85. The zero-order valence-corrected chi connectivity index (χ0v) is 26.5. The maximum absolute atomic E-state index is 12.3. The lowest BCUT2D eigenvalue weighted by atomic mass is 9.77. The predicted molar refractivity (Wildman–Crippen MR) is 157 cm³/mol. The van der Waals surface area contributed by atoms with E-state index in [0.29, 0.717) is 11.1 Å². The Bertz CT molecular complexity index is 889. The molecule has 8 heteroatoms. The zero-order chi connectivity index (χ0) is 28.4. The standard InChI is InChI=1S/C29H50N2O4S2/c1-13-15-29(12)19-23(35-25(33)21(5)6)17-27(9,10)31(29)37-36-30-26(7,8)16-22(18-28(30,11)14-2)34-24(32)20(3)4/h22-23H,3,5,13-19H2,1-2,4,6-12H3. The molecule has 0 radical (unpaired) electrons. The average Bonchev–Trinajstić information content (AvgIpc) is 2.73. The summed E-state index contributed by atoms with van der Waals surface area (Å²) in [5, 5.41) is 0. The Kier molecular flexibility index (Phi) is 10.5. The minimum absolute atomic E-state index is 0.129. The summed E-state index contributed by atoms with van der Waals surface area (Å²) >= 11 is 0. The molecule has 2 heterocycles. The number of nitrogens with zero attached hydrogens (tertiary/aromatic N) is 2. The molecule has 0 saturated carbocycles. The number of piperidine rings is 2. The Morgan fingerprint density at radius 3 is 1.49 bits per heavy atom. The van der Waals surface area contributed by atoms with Crippen LogP contribution < -0.4 is 0 Å². The van der Waals surface area contributed by atoms with E-state index >= 15 is 0 Å². The molecule has 2 aliphatic rings. The van der Waals surface area contributed by atoms with Gasteiger partial charge in [0.1, 0.15) is 12.2 Å². The van der Waals surface area contributed by atoms with Crippen LogP contribution in [-0.4, -0.2) is 54.9 Å². The topological polar surface area (TPSA) is 59.1 Å². The molecule has 2 aliphatic heterocycles. The highest BCUT2D eigenvalue weighted by Gasteiger charge is 2.53. The Hall–Kier alpha value is -0.960. The van der Waals surface area contributed by atoms with Crippen molar-refractivity contribution in [3.63, 3.8) is 0 Å². The van der Waals surface area contributed by atoms with E-state index in [-0.39, 0.29) is 46.3 Å². The van der Waals surface area contributed by atoms with E-state index in [4.69, 9.17) is 9.47 Å². The maximum Gasteiger partial charge on any atom is 0.333 e. The van der Waals surface area contributed by atoms with Gasteiger partial charge in [0.05, 0.1) is 0 Å². The van der Waals surface area contributed by atoms with Crippen molar-refractivity contribution in [2.24, 2.45) is 0 Å². The van der Waals surface area contributed by atoms with Gasteiger partial charge in [0.15, 0.2) is 0 Å². The van der Waals surface area contributed by atoms with E-state index in [9.17, 15) is 9.59 Å². The Morgan fingerprint density at radius 1 is 0.757 bits per heavy atom. The second-order valence-electron chi connectivity index (χ2n) is 12.9. The number of hydrogen-bond acceptors (Lipinski definition) is 8. The quantitative estimate of drug-likeness (QED) is 0.118. The SMILES string of the molecule is C=C(C)C(=O)OC1CC(C)(C)N(SSN2C(C)(C)CC(OC(=O)C(=C)C)CC2(C)CCC)C(C)(CC)C1. The van der Waals surface area contributed by atoms with Gasteiger partial charge in [0, 0.05) is 80.9 Å². The molecule has 0 aliphatic carbocycles. The van der Waals surface area contributed by atoms with Crippen molar-refractivity contribution < 1.29 is 19.1 Å². The molecule has 0 aromatic heterocycles. The Labute approximate surface area is 234 Å². The molecule has 212 valence electrons. The number of hydrogen-bond donors (Lipinski definition) is 0. The van der Waals surface area contributed by atoms with Crippen LogP contribution in [0.4, 0.5) is 0 Å². The van der Waals surface area contributed by atoms with Crippen LogP contribution in [0.1, 0.15) is 114 Å². The van der Waals surface area contributed by atoms with E-state index in [2.05, 4.69) is 77.2 Å². The summed E-state index contributed by atoms with van der Waals surface area (Å²) in [4.78, 5) is 24.6. The van der Waals surface area contributed by atoms with Crippen LogP contribution in [0.5, 0.6) is 0 Å². The minimum atomic E-state index is -0.304. The van der Waals surface area contributed by atoms with Crippen molar-refractivity contribution >= 4 is 33.9 Å². The lowest BCUT2D eigenvalue weighted by molar-refractivity contribution is -0.152. The van der Waals surface area contributed by atoms with Gasteiger partial charge < -0.3 is 9.47 Å². The van der Waals surface area contributed by atoms with Crippen LogP contribution in [0, 0.1) is 0 Å². The van der Waals surface area contributed by atoms with Crippen LogP contribution in [-0.2, 0) is 19.1 Å². The number of carbonyl (C=O) groups is 2. The number of esters is 2. The largest absolute Gasteiger partial charge is 0.459 e. The molecule has 0 spiro atoms. The second-order valence-corrected chi connectivity index (χ2v) is 14.8. The molecule has 4 unspecified atom stereocenters. The molecular formula is C29H50N2O4S2. The summed E-state index contributed by atoms with van der Waals surface area (Å²) in [6.07, 6.45) is 5.86. The zero-order valence-electron chi connectivity index (χ0n) is 24.9. The lowest BCUT2D eigenvalue weighted by Gasteiger charge is -2.58. The molecular weight excluding hydrogens is 504 g/mol. The molecule has 37 heavy (non-hydrogen) atoms. The van der Waals surface area contributed by atoms with Crippen molar-refractivity contribution in [2.75, 3.05) is 0 Å². The summed E-state index contributed by atoms with van der Waals surface area (Å²) < 4.78 is 16.8. The van der Waals surface area contributed by atoms with E-state index in [0.717, 1.165) is 44.9 Å². The highest BCUT2D eigenvalue weighted by molar-refractivity contribution is 8.74. The second kappa shape index (κ2) is 12.1. The molecule has 2 fully saturated rings. The first-order valence-electron chi connectivity index (χ1n) is 13.6. The Morgan fingerprint density at radius 2 is 1.14 bits per heavy atom. The summed E-state index contributed by atoms with van der Waals surface area (Å²) in [6, 6.07) is 0. The van der Waals surface area contributed by atoms with Crippen LogP contribution >= 0.6 is 22.0 Å². The first-order valence-corrected chi connectivity index (χ1v) is 15.7. The van der Waals surface area contributed by atoms with Gasteiger partial charge >= 0.3 is 11.9 Å². The first kappa shape index (κ1) is 32.3. The first-order chi connectivity index (χ1) is 16.9. The number of carbonyl (C=O) groups excluding carboxylic acids is 2. The van der Waals surface area contributed by atoms with E-state index < -0.39 is 0 Å². The van der Waals surface area contributed by atoms with Gasteiger partial charge in [-0.1, -0.05) is 33.4 Å². The smallest absolute Gasteiger partial charge is 0.333 e. The van der Waals surface area contributed by atoms with Gasteiger partial charge in [0.25, 0.3) is 0 Å². The number of rotatable bonds is 10. The monoisotopic (exact) mass is 554 g/mol. The van der Waals surface area contributed by atoms with Crippen molar-refractivity contribution in [3.8, 4) is 0 Å². The number of ether oxygens (including phenoxy) is 2. The molecule has 2 saturated heterocycles. The summed E-state index contributed by atoms with van der Waals surface area (Å²) in [7, 11) is 3.64. The van der Waals surface area contributed by atoms with E-state index in [1.807, 2.05) is 22.0 Å². The normalized spacial score (nSPS) is 31.9. The molecule has 6 nitrogen and oxygen atoms in total. The lowest BCUT2D eigenvalue weighted by Crippen LogP contribution is -2.62. The van der Waals surface area contributed by atoms with Crippen LogP contribution in [0.15, 0.2) is 24.3 Å². The van der Waals surface area contributed by atoms with Crippen LogP contribution in [0.3, 0.4) is 0 Å². The summed E-state index contributed by atoms with van der Waals surface area (Å²) in [5.41, 5.74) is 0.263. The third-order valence-corrected chi connectivity index (χ3v) is 11.2. The minimum Gasteiger partial charge on any atom is -0.459 e. The van der Waals surface area contributed by atoms with E-state index in [1.54, 1.807) is 13.8 Å². The fourth-order valence-electron chi connectivity index (χ4n) is 6.18. The summed E-state index contributed by atoms with van der Waals surface area (Å²) in [6.45, 7) is 28.9. The van der Waals surface area contributed by atoms with Gasteiger partial charge in [-0.25, -0.2) is 18.2 Å². The Balaban J connectivity index is 2.26. The maximum atomic E-state index is 12.3. The van der Waals surface area contributed by atoms with Gasteiger partial charge in [-0.2, -0.15) is 0 Å². The highest BCUT2D eigenvalue weighted by Crippen LogP contribution is 2.55. The van der Waals surface area contributed by atoms with Crippen LogP contribution in [0.25, 0.3) is 0 Å². The van der Waals surface area contributed by atoms with Crippen molar-refractivity contribution in [3.05, 3.63) is 24.3 Å².